The SMILES string of the molecule is Cc1ccc(S(=O)(=O)NC[C@H](C[Si](c2ccccc2)(c2ccccc2)C(C)(C)C)C2=CCCCC2)cc1. The summed E-state index contributed by atoms with van der Waals surface area (Å²) < 4.78 is 29.7. The third kappa shape index (κ3) is 6.16. The normalized spacial score (nSPS) is 15.7. The summed E-state index contributed by atoms with van der Waals surface area (Å²) in [6.07, 6.45) is 6.91. The molecule has 0 saturated carbocycles. The summed E-state index contributed by atoms with van der Waals surface area (Å²) in [5, 5.41) is 2.85. The van der Waals surface area contributed by atoms with Crippen LogP contribution in [0.5, 0.6) is 0 Å². The second-order valence-corrected chi connectivity index (χ2v) is 18.1. The van der Waals surface area contributed by atoms with Crippen molar-refractivity contribution in [1.82, 2.24) is 4.72 Å². The van der Waals surface area contributed by atoms with Gasteiger partial charge in [-0.2, -0.15) is 0 Å². The lowest BCUT2D eigenvalue weighted by atomic mass is 9.90. The number of aryl methyl sites for hydroxylation is 1. The molecule has 0 amide bonds. The van der Waals surface area contributed by atoms with E-state index < -0.39 is 18.1 Å². The highest BCUT2D eigenvalue weighted by atomic mass is 32.2. The van der Waals surface area contributed by atoms with E-state index in [1.165, 1.54) is 28.8 Å². The number of nitrogens with one attached hydrogen (secondary N) is 1. The molecule has 0 fully saturated rings. The van der Waals surface area contributed by atoms with Crippen molar-refractivity contribution in [3.63, 3.8) is 0 Å². The van der Waals surface area contributed by atoms with Gasteiger partial charge in [0.1, 0.15) is 8.07 Å². The summed E-state index contributed by atoms with van der Waals surface area (Å²) >= 11 is 0. The maximum Gasteiger partial charge on any atom is 0.240 e. The first-order valence-electron chi connectivity index (χ1n) is 13.5. The van der Waals surface area contributed by atoms with E-state index in [1.807, 2.05) is 19.1 Å². The molecule has 196 valence electrons. The molecule has 0 saturated heterocycles. The molecule has 0 aromatic heterocycles. The van der Waals surface area contributed by atoms with Crippen molar-refractivity contribution in [2.24, 2.45) is 5.92 Å². The molecule has 0 spiro atoms. The van der Waals surface area contributed by atoms with Gasteiger partial charge in [-0.1, -0.05) is 121 Å². The van der Waals surface area contributed by atoms with E-state index in [0.717, 1.165) is 24.4 Å². The molecule has 3 aromatic rings. The molecule has 1 atom stereocenters. The number of hydrogen-bond acceptors (Lipinski definition) is 2. The molecule has 1 aliphatic rings. The lowest BCUT2D eigenvalue weighted by Gasteiger charge is -2.46. The molecule has 1 aliphatic carbocycles. The Balaban J connectivity index is 1.77. The molecule has 0 unspecified atom stereocenters. The summed E-state index contributed by atoms with van der Waals surface area (Å²) in [5.41, 5.74) is 2.47. The zero-order valence-corrected chi connectivity index (χ0v) is 24.5. The number of allylic oxidation sites excluding steroid dienone is 1. The lowest BCUT2D eigenvalue weighted by Crippen LogP contribution is -2.65. The monoisotopic (exact) mass is 531 g/mol. The third-order valence-corrected chi connectivity index (χ3v) is 15.8. The van der Waals surface area contributed by atoms with Crippen molar-refractivity contribution >= 4 is 28.5 Å². The fourth-order valence-corrected chi connectivity index (χ4v) is 12.9. The van der Waals surface area contributed by atoms with Crippen LogP contribution in [0.1, 0.15) is 52.0 Å². The van der Waals surface area contributed by atoms with Gasteiger partial charge in [-0.05, 0) is 61.7 Å². The van der Waals surface area contributed by atoms with Crippen LogP contribution in [0.4, 0.5) is 0 Å². The van der Waals surface area contributed by atoms with Gasteiger partial charge in [0.15, 0.2) is 0 Å². The molecule has 3 nitrogen and oxygen atoms in total. The summed E-state index contributed by atoms with van der Waals surface area (Å²) in [7, 11) is -5.95. The highest BCUT2D eigenvalue weighted by Crippen LogP contribution is 2.42. The van der Waals surface area contributed by atoms with Gasteiger partial charge in [0.25, 0.3) is 0 Å². The Bertz CT molecular complexity index is 1250. The quantitative estimate of drug-likeness (QED) is 0.255. The molecule has 0 aliphatic heterocycles. The Morgan fingerprint density at radius 1 is 0.838 bits per heavy atom. The minimum atomic E-state index is -3.59. The van der Waals surface area contributed by atoms with Crippen LogP contribution in [-0.4, -0.2) is 23.0 Å². The zero-order chi connectivity index (χ0) is 26.5. The number of benzene rings is 3. The molecule has 4 rings (SSSR count). The molecule has 5 heteroatoms. The second-order valence-electron chi connectivity index (χ2n) is 11.5. The van der Waals surface area contributed by atoms with E-state index in [-0.39, 0.29) is 11.0 Å². The standard InChI is InChI=1S/C32H41NO2SSi/c1-26-20-22-29(23-21-26)36(34,35)33-24-28(27-14-8-5-9-15-27)25-37(32(2,3)4,30-16-10-6-11-17-30)31-18-12-7-13-19-31/h6-7,10-14,16-23,28,33H,5,8-9,15,24-25H2,1-4H3/t28-/m1/s1. The van der Waals surface area contributed by atoms with Crippen LogP contribution < -0.4 is 15.1 Å². The minimum Gasteiger partial charge on any atom is -0.211 e. The zero-order valence-electron chi connectivity index (χ0n) is 22.7. The van der Waals surface area contributed by atoms with Crippen molar-refractivity contribution in [2.75, 3.05) is 6.54 Å². The highest BCUT2D eigenvalue weighted by Gasteiger charge is 2.49. The maximum atomic E-state index is 13.3. The summed E-state index contributed by atoms with van der Waals surface area (Å²) in [6, 6.07) is 30.1. The molecular formula is C32H41NO2SSi. The van der Waals surface area contributed by atoms with E-state index in [1.54, 1.807) is 12.1 Å². The van der Waals surface area contributed by atoms with Gasteiger partial charge >= 0.3 is 0 Å². The summed E-state index contributed by atoms with van der Waals surface area (Å²) in [5.74, 6) is 0.145. The van der Waals surface area contributed by atoms with Crippen LogP contribution in [0.2, 0.25) is 11.1 Å². The third-order valence-electron chi connectivity index (χ3n) is 8.07. The van der Waals surface area contributed by atoms with Crippen LogP contribution in [-0.2, 0) is 10.0 Å². The summed E-state index contributed by atoms with van der Waals surface area (Å²) in [6.45, 7) is 9.53. The van der Waals surface area contributed by atoms with E-state index >= 15 is 0 Å². The van der Waals surface area contributed by atoms with Crippen LogP contribution in [0.25, 0.3) is 0 Å². The fourth-order valence-electron chi connectivity index (χ4n) is 5.97. The molecule has 0 bridgehead atoms. The van der Waals surface area contributed by atoms with Gasteiger partial charge in [-0.15, -0.1) is 0 Å². The predicted molar refractivity (Wildman–Crippen MR) is 159 cm³/mol. The van der Waals surface area contributed by atoms with E-state index in [0.29, 0.717) is 11.4 Å². The van der Waals surface area contributed by atoms with Gasteiger partial charge in [0.05, 0.1) is 4.90 Å². The Morgan fingerprint density at radius 3 is 1.89 bits per heavy atom. The average molecular weight is 532 g/mol. The first-order chi connectivity index (χ1) is 17.6. The van der Waals surface area contributed by atoms with Gasteiger partial charge in [0.2, 0.25) is 10.0 Å². The average Bonchev–Trinajstić information content (AvgIpc) is 2.90. The van der Waals surface area contributed by atoms with Crippen molar-refractivity contribution < 1.29 is 8.42 Å². The highest BCUT2D eigenvalue weighted by molar-refractivity contribution is 7.89. The van der Waals surface area contributed by atoms with Crippen LogP contribution >= 0.6 is 0 Å². The topological polar surface area (TPSA) is 46.2 Å². The van der Waals surface area contributed by atoms with Crippen molar-refractivity contribution in [3.05, 3.63) is 102 Å². The number of sulfonamides is 1. The smallest absolute Gasteiger partial charge is 0.211 e. The number of rotatable bonds is 9. The predicted octanol–water partition coefficient (Wildman–Crippen LogP) is 6.45. The van der Waals surface area contributed by atoms with E-state index in [4.69, 9.17) is 0 Å². The molecule has 0 radical (unpaired) electrons. The van der Waals surface area contributed by atoms with Gasteiger partial charge in [-0.3, -0.25) is 0 Å². The van der Waals surface area contributed by atoms with Gasteiger partial charge in [-0.25, -0.2) is 13.1 Å². The van der Waals surface area contributed by atoms with Gasteiger partial charge < -0.3 is 0 Å². The lowest BCUT2D eigenvalue weighted by molar-refractivity contribution is 0.542. The largest absolute Gasteiger partial charge is 0.240 e. The molecular weight excluding hydrogens is 491 g/mol. The maximum absolute atomic E-state index is 13.3. The first kappa shape index (κ1) is 27.6. The Morgan fingerprint density at radius 2 is 1.41 bits per heavy atom. The molecule has 1 N–H and O–H groups in total. The molecule has 0 heterocycles. The number of hydrogen-bond donors (Lipinski definition) is 1. The van der Waals surface area contributed by atoms with Crippen molar-refractivity contribution in [2.45, 2.75) is 69.4 Å². The second kappa shape index (κ2) is 11.5. The fraction of sp³-hybridized carbons (Fsp3) is 0.375. The van der Waals surface area contributed by atoms with Crippen LogP contribution in [0.15, 0.2) is 101 Å². The Labute approximate surface area is 225 Å². The van der Waals surface area contributed by atoms with E-state index in [2.05, 4.69) is 92.2 Å². The van der Waals surface area contributed by atoms with E-state index in [9.17, 15) is 8.42 Å². The van der Waals surface area contributed by atoms with Crippen molar-refractivity contribution in [3.8, 4) is 0 Å². The van der Waals surface area contributed by atoms with Crippen molar-refractivity contribution in [1.29, 1.82) is 0 Å². The van der Waals surface area contributed by atoms with Crippen LogP contribution in [0, 0.1) is 12.8 Å². The Hall–Kier alpha value is -2.47. The minimum absolute atomic E-state index is 0.0268. The Kier molecular flexibility index (Phi) is 8.57. The first-order valence-corrected chi connectivity index (χ1v) is 17.2. The summed E-state index contributed by atoms with van der Waals surface area (Å²) in [4.78, 5) is 0.333. The van der Waals surface area contributed by atoms with Crippen LogP contribution in [0.3, 0.4) is 0 Å². The van der Waals surface area contributed by atoms with Gasteiger partial charge in [0, 0.05) is 6.54 Å². The molecule has 37 heavy (non-hydrogen) atoms. The molecule has 3 aromatic carbocycles.